The van der Waals surface area contributed by atoms with Gasteiger partial charge in [0.25, 0.3) is 17.7 Å². The molecule has 3 amide bonds. The van der Waals surface area contributed by atoms with E-state index in [1.54, 1.807) is 36.1 Å². The van der Waals surface area contributed by atoms with E-state index in [1.165, 1.54) is 0 Å². The maximum absolute atomic E-state index is 13.0. The molecule has 0 saturated carbocycles. The fraction of sp³-hybridized carbons (Fsp3) is 0.565. The molecule has 2 atom stereocenters. The minimum absolute atomic E-state index is 0.0449. The van der Waals surface area contributed by atoms with Crippen LogP contribution in [-0.4, -0.2) is 58.7 Å². The first-order valence-electron chi connectivity index (χ1n) is 10.8. The summed E-state index contributed by atoms with van der Waals surface area (Å²) in [5.41, 5.74) is 0.579. The molecule has 2 aliphatic rings. The van der Waals surface area contributed by atoms with Gasteiger partial charge in [-0.3, -0.25) is 19.3 Å². The minimum atomic E-state index is -1.06. The molecule has 1 aromatic carbocycles. The average Bonchev–Trinajstić information content (AvgIpc) is 2.89. The number of fused-ring (bicyclic) bond motifs is 1. The van der Waals surface area contributed by atoms with Gasteiger partial charge in [-0.25, -0.2) is 4.79 Å². The van der Waals surface area contributed by atoms with Crippen molar-refractivity contribution in [3.63, 3.8) is 0 Å². The Morgan fingerprint density at radius 3 is 1.97 bits per heavy atom. The standard InChI is InChI=1S/C23H30N2O5/c1-15(2)14-19(25-21(27)17-10-6-7-11-18(17)22(25)28)23(29)30-16(3)20(26)24-12-8-4-5-9-13-24/h6-7,10-11,15-16,19H,4-5,8-9,12-14H2,1-3H3/t16-,19-/m1/s1. The molecule has 2 heterocycles. The summed E-state index contributed by atoms with van der Waals surface area (Å²) in [5, 5.41) is 0. The highest BCUT2D eigenvalue weighted by Crippen LogP contribution is 2.27. The number of hydrogen-bond donors (Lipinski definition) is 0. The Balaban J connectivity index is 1.75. The van der Waals surface area contributed by atoms with Gasteiger partial charge in [0.05, 0.1) is 11.1 Å². The molecule has 0 radical (unpaired) electrons. The van der Waals surface area contributed by atoms with Crippen molar-refractivity contribution >= 4 is 23.7 Å². The van der Waals surface area contributed by atoms with E-state index in [0.717, 1.165) is 30.6 Å². The lowest BCUT2D eigenvalue weighted by Crippen LogP contribution is -2.49. The number of benzene rings is 1. The Morgan fingerprint density at radius 1 is 0.933 bits per heavy atom. The van der Waals surface area contributed by atoms with Crippen molar-refractivity contribution < 1.29 is 23.9 Å². The van der Waals surface area contributed by atoms with Crippen molar-refractivity contribution in [2.45, 2.75) is 65.0 Å². The molecule has 162 valence electrons. The van der Waals surface area contributed by atoms with Crippen LogP contribution in [0.15, 0.2) is 24.3 Å². The van der Waals surface area contributed by atoms with Gasteiger partial charge in [-0.1, -0.05) is 38.8 Å². The molecule has 0 unspecified atom stereocenters. The second kappa shape index (κ2) is 9.41. The Bertz CT molecular complexity index is 792. The van der Waals surface area contributed by atoms with Crippen LogP contribution in [0.25, 0.3) is 0 Å². The SMILES string of the molecule is CC(C)C[C@H](C(=O)O[C@H](C)C(=O)N1CCCCCC1)N1C(=O)c2ccccc2C1=O. The fourth-order valence-corrected chi connectivity index (χ4v) is 4.10. The van der Waals surface area contributed by atoms with Gasteiger partial charge >= 0.3 is 5.97 Å². The summed E-state index contributed by atoms with van der Waals surface area (Å²) in [6.07, 6.45) is 3.38. The molecule has 30 heavy (non-hydrogen) atoms. The maximum Gasteiger partial charge on any atom is 0.330 e. The zero-order valence-corrected chi connectivity index (χ0v) is 17.9. The second-order valence-electron chi connectivity index (χ2n) is 8.49. The number of likely N-dealkylation sites (tertiary alicyclic amines) is 1. The van der Waals surface area contributed by atoms with Crippen molar-refractivity contribution in [1.29, 1.82) is 0 Å². The maximum atomic E-state index is 13.0. The largest absolute Gasteiger partial charge is 0.451 e. The predicted octanol–water partition coefficient (Wildman–Crippen LogP) is 3.03. The zero-order valence-electron chi connectivity index (χ0n) is 17.9. The second-order valence-corrected chi connectivity index (χ2v) is 8.49. The number of imide groups is 1. The van der Waals surface area contributed by atoms with Crippen molar-refractivity contribution in [2.24, 2.45) is 5.92 Å². The minimum Gasteiger partial charge on any atom is -0.451 e. The van der Waals surface area contributed by atoms with E-state index in [9.17, 15) is 19.2 Å². The molecule has 0 bridgehead atoms. The lowest BCUT2D eigenvalue weighted by atomic mass is 10.0. The van der Waals surface area contributed by atoms with Crippen LogP contribution in [0.1, 0.15) is 73.6 Å². The van der Waals surface area contributed by atoms with E-state index in [1.807, 2.05) is 13.8 Å². The summed E-state index contributed by atoms with van der Waals surface area (Å²) in [5.74, 6) is -1.89. The van der Waals surface area contributed by atoms with Crippen LogP contribution in [0.2, 0.25) is 0 Å². The highest BCUT2D eigenvalue weighted by molar-refractivity contribution is 6.22. The summed E-state index contributed by atoms with van der Waals surface area (Å²) in [4.78, 5) is 54.3. The number of rotatable bonds is 6. The Kier molecular flexibility index (Phi) is 6.90. The summed E-state index contributed by atoms with van der Waals surface area (Å²) in [6.45, 7) is 6.69. The van der Waals surface area contributed by atoms with Gasteiger partial charge in [0.15, 0.2) is 6.10 Å². The molecular weight excluding hydrogens is 384 g/mol. The smallest absolute Gasteiger partial charge is 0.330 e. The van der Waals surface area contributed by atoms with Crippen LogP contribution in [0, 0.1) is 5.92 Å². The molecule has 7 heteroatoms. The van der Waals surface area contributed by atoms with Crippen molar-refractivity contribution in [2.75, 3.05) is 13.1 Å². The topological polar surface area (TPSA) is 84.0 Å². The van der Waals surface area contributed by atoms with Gasteiger partial charge in [0.2, 0.25) is 0 Å². The quantitative estimate of drug-likeness (QED) is 0.528. The summed E-state index contributed by atoms with van der Waals surface area (Å²) >= 11 is 0. The lowest BCUT2D eigenvalue weighted by Gasteiger charge is -2.29. The molecule has 2 aliphatic heterocycles. The van der Waals surface area contributed by atoms with E-state index < -0.39 is 29.9 Å². The fourth-order valence-electron chi connectivity index (χ4n) is 4.10. The third-order valence-electron chi connectivity index (χ3n) is 5.66. The number of carbonyl (C=O) groups is 4. The normalized spacial score (nSPS) is 18.8. The van der Waals surface area contributed by atoms with Crippen LogP contribution in [0.5, 0.6) is 0 Å². The zero-order chi connectivity index (χ0) is 21.8. The number of hydrogen-bond acceptors (Lipinski definition) is 5. The first-order valence-corrected chi connectivity index (χ1v) is 10.8. The molecule has 0 spiro atoms. The van der Waals surface area contributed by atoms with E-state index in [4.69, 9.17) is 4.74 Å². The molecule has 0 N–H and O–H groups in total. The summed E-state index contributed by atoms with van der Waals surface area (Å²) in [7, 11) is 0. The van der Waals surface area contributed by atoms with E-state index in [-0.39, 0.29) is 29.4 Å². The first-order chi connectivity index (χ1) is 14.3. The van der Waals surface area contributed by atoms with Gasteiger partial charge in [-0.15, -0.1) is 0 Å². The van der Waals surface area contributed by atoms with Gasteiger partial charge < -0.3 is 9.64 Å². The van der Waals surface area contributed by atoms with E-state index >= 15 is 0 Å². The highest BCUT2D eigenvalue weighted by atomic mass is 16.5. The van der Waals surface area contributed by atoms with Crippen LogP contribution >= 0.6 is 0 Å². The third-order valence-corrected chi connectivity index (χ3v) is 5.66. The molecular formula is C23H30N2O5. The monoisotopic (exact) mass is 414 g/mol. The summed E-state index contributed by atoms with van der Waals surface area (Å²) < 4.78 is 5.50. The van der Waals surface area contributed by atoms with E-state index in [2.05, 4.69) is 0 Å². The Labute approximate surface area is 177 Å². The molecule has 1 fully saturated rings. The number of amides is 3. The number of ether oxygens (including phenoxy) is 1. The Morgan fingerprint density at radius 2 is 1.47 bits per heavy atom. The molecule has 0 aromatic heterocycles. The molecule has 1 aromatic rings. The number of nitrogens with zero attached hydrogens (tertiary/aromatic N) is 2. The van der Waals surface area contributed by atoms with Crippen LogP contribution in [0.4, 0.5) is 0 Å². The van der Waals surface area contributed by atoms with Crippen molar-refractivity contribution in [3.8, 4) is 0 Å². The molecule has 0 aliphatic carbocycles. The third kappa shape index (κ3) is 4.55. The molecule has 3 rings (SSSR count). The molecule has 7 nitrogen and oxygen atoms in total. The van der Waals surface area contributed by atoms with Crippen LogP contribution < -0.4 is 0 Å². The summed E-state index contributed by atoms with van der Waals surface area (Å²) in [6, 6.07) is 5.48. The lowest BCUT2D eigenvalue weighted by molar-refractivity contribution is -0.162. The predicted molar refractivity (Wildman–Crippen MR) is 111 cm³/mol. The van der Waals surface area contributed by atoms with Gasteiger partial charge in [0, 0.05) is 13.1 Å². The first kappa shape index (κ1) is 22.0. The van der Waals surface area contributed by atoms with Gasteiger partial charge in [-0.2, -0.15) is 0 Å². The molecule has 1 saturated heterocycles. The van der Waals surface area contributed by atoms with Gasteiger partial charge in [-0.05, 0) is 44.2 Å². The van der Waals surface area contributed by atoms with E-state index in [0.29, 0.717) is 13.1 Å². The van der Waals surface area contributed by atoms with Crippen LogP contribution in [-0.2, 0) is 14.3 Å². The van der Waals surface area contributed by atoms with Gasteiger partial charge in [0.1, 0.15) is 6.04 Å². The van der Waals surface area contributed by atoms with Crippen molar-refractivity contribution in [1.82, 2.24) is 9.80 Å². The van der Waals surface area contributed by atoms with Crippen LogP contribution in [0.3, 0.4) is 0 Å². The average molecular weight is 415 g/mol. The number of esters is 1. The Hall–Kier alpha value is -2.70. The van der Waals surface area contributed by atoms with Crippen molar-refractivity contribution in [3.05, 3.63) is 35.4 Å². The highest BCUT2D eigenvalue weighted by Gasteiger charge is 2.44. The number of carbonyl (C=O) groups excluding carboxylic acids is 4.